The lowest BCUT2D eigenvalue weighted by molar-refractivity contribution is 0.260. The number of ether oxygens (including phenoxy) is 1. The molecule has 1 aliphatic rings. The van der Waals surface area contributed by atoms with Crippen molar-refractivity contribution in [1.29, 1.82) is 0 Å². The van der Waals surface area contributed by atoms with E-state index in [1.807, 2.05) is 47.2 Å². The van der Waals surface area contributed by atoms with Gasteiger partial charge in [0.1, 0.15) is 16.9 Å². The Morgan fingerprint density at radius 1 is 1.09 bits per heavy atom. The Labute approximate surface area is 207 Å². The maximum atomic E-state index is 13.4. The van der Waals surface area contributed by atoms with Crippen LogP contribution in [-0.4, -0.2) is 42.7 Å². The molecule has 1 aliphatic heterocycles. The minimum atomic E-state index is -0.169. The highest BCUT2D eigenvalue weighted by Crippen LogP contribution is 2.36. The van der Waals surface area contributed by atoms with Crippen LogP contribution in [0, 0.1) is 0 Å². The fourth-order valence-electron chi connectivity index (χ4n) is 4.73. The lowest BCUT2D eigenvalue weighted by Gasteiger charge is -2.19. The highest BCUT2D eigenvalue weighted by atomic mass is 32.1. The van der Waals surface area contributed by atoms with Gasteiger partial charge in [-0.05, 0) is 54.8 Å². The number of pyridine rings is 1. The standard InChI is InChI=1S/C25H24N6O2S.CH4/c1-33-19-9-7-17(8-10-19)13-30-24-22(23-27-16-28-31(23)25(30)32)20-6-4-12-29(15-21(20)34-24)14-18-5-2-3-11-26-18;/h2-3,5,7-11,16H,4,6,12-15H2,1H3;1H4. The third kappa shape index (κ3) is 4.21. The van der Waals surface area contributed by atoms with Crippen LogP contribution >= 0.6 is 11.3 Å². The normalized spacial score (nSPS) is 14.0. The fraction of sp³-hybridized carbons (Fsp3) is 0.308. The van der Waals surface area contributed by atoms with Gasteiger partial charge in [0, 0.05) is 24.2 Å². The number of rotatable bonds is 5. The van der Waals surface area contributed by atoms with Crippen molar-refractivity contribution in [3.8, 4) is 5.75 Å². The lowest BCUT2D eigenvalue weighted by Crippen LogP contribution is -2.28. The Kier molecular flexibility index (Phi) is 6.36. The predicted octanol–water partition coefficient (Wildman–Crippen LogP) is 4.14. The first kappa shape index (κ1) is 23.2. The van der Waals surface area contributed by atoms with Crippen LogP contribution in [0.25, 0.3) is 15.9 Å². The zero-order chi connectivity index (χ0) is 23.1. The van der Waals surface area contributed by atoms with E-state index in [4.69, 9.17) is 4.74 Å². The zero-order valence-corrected chi connectivity index (χ0v) is 19.7. The average Bonchev–Trinajstić information content (AvgIpc) is 3.43. The SMILES string of the molecule is C.COc1ccc(Cn2c(=O)n3ncnc3c3c4c(sc32)CN(Cc2ccccn2)CCC4)cc1. The van der Waals surface area contributed by atoms with Crippen LogP contribution in [0.1, 0.15) is 35.5 Å². The molecule has 8 nitrogen and oxygen atoms in total. The smallest absolute Gasteiger partial charge is 0.352 e. The van der Waals surface area contributed by atoms with Crippen LogP contribution in [0.4, 0.5) is 0 Å². The third-order valence-corrected chi connectivity index (χ3v) is 7.62. The third-order valence-electron chi connectivity index (χ3n) is 6.38. The van der Waals surface area contributed by atoms with E-state index in [1.165, 1.54) is 21.3 Å². The van der Waals surface area contributed by atoms with Gasteiger partial charge >= 0.3 is 5.69 Å². The fourth-order valence-corrected chi connectivity index (χ4v) is 6.11. The van der Waals surface area contributed by atoms with Crippen LogP contribution in [0.3, 0.4) is 0 Å². The first-order valence-electron chi connectivity index (χ1n) is 11.3. The quantitative estimate of drug-likeness (QED) is 0.370. The number of fused-ring (bicyclic) bond motifs is 5. The highest BCUT2D eigenvalue weighted by Gasteiger charge is 2.25. The number of aryl methyl sites for hydroxylation is 1. The summed E-state index contributed by atoms with van der Waals surface area (Å²) < 4.78 is 8.56. The Morgan fingerprint density at radius 2 is 1.94 bits per heavy atom. The molecule has 0 fully saturated rings. The molecule has 0 saturated heterocycles. The number of aromatic nitrogens is 5. The maximum Gasteiger partial charge on any atom is 0.352 e. The molecule has 0 saturated carbocycles. The van der Waals surface area contributed by atoms with Gasteiger partial charge in [-0.25, -0.2) is 9.78 Å². The number of nitrogens with zero attached hydrogens (tertiary/aromatic N) is 6. The first-order chi connectivity index (χ1) is 16.7. The summed E-state index contributed by atoms with van der Waals surface area (Å²) in [6.45, 7) is 3.12. The molecule has 1 aromatic carbocycles. The van der Waals surface area contributed by atoms with E-state index in [0.29, 0.717) is 12.2 Å². The van der Waals surface area contributed by atoms with Crippen LogP contribution in [0.5, 0.6) is 5.75 Å². The summed E-state index contributed by atoms with van der Waals surface area (Å²) in [6.07, 6.45) is 5.32. The zero-order valence-electron chi connectivity index (χ0n) is 18.8. The van der Waals surface area contributed by atoms with Gasteiger partial charge in [-0.1, -0.05) is 25.6 Å². The van der Waals surface area contributed by atoms with Gasteiger partial charge in [0.05, 0.1) is 24.7 Å². The Hall–Kier alpha value is -3.56. The molecule has 5 heterocycles. The molecule has 5 aromatic rings. The van der Waals surface area contributed by atoms with Crippen molar-refractivity contribution in [3.05, 3.63) is 87.2 Å². The molecule has 0 spiro atoms. The summed E-state index contributed by atoms with van der Waals surface area (Å²) in [7, 11) is 1.65. The summed E-state index contributed by atoms with van der Waals surface area (Å²) >= 11 is 1.71. The monoisotopic (exact) mass is 488 g/mol. The summed E-state index contributed by atoms with van der Waals surface area (Å²) in [6, 6.07) is 13.9. The van der Waals surface area contributed by atoms with E-state index < -0.39 is 0 Å². The topological polar surface area (TPSA) is 77.5 Å². The minimum absolute atomic E-state index is 0. The van der Waals surface area contributed by atoms with Crippen LogP contribution < -0.4 is 10.4 Å². The second-order valence-corrected chi connectivity index (χ2v) is 9.62. The maximum absolute atomic E-state index is 13.4. The van der Waals surface area contributed by atoms with Crippen molar-refractivity contribution in [3.63, 3.8) is 0 Å². The van der Waals surface area contributed by atoms with Crippen molar-refractivity contribution < 1.29 is 4.74 Å². The van der Waals surface area contributed by atoms with Crippen LogP contribution in [-0.2, 0) is 26.1 Å². The second-order valence-electron chi connectivity index (χ2n) is 8.53. The van der Waals surface area contributed by atoms with Gasteiger partial charge in [0.2, 0.25) is 0 Å². The Bertz CT molecular complexity index is 1520. The van der Waals surface area contributed by atoms with Gasteiger partial charge in [0.25, 0.3) is 0 Å². The molecule has 0 aliphatic carbocycles. The highest BCUT2D eigenvalue weighted by molar-refractivity contribution is 7.19. The molecule has 9 heteroatoms. The lowest BCUT2D eigenvalue weighted by atomic mass is 10.1. The predicted molar refractivity (Wildman–Crippen MR) is 138 cm³/mol. The molecular weight excluding hydrogens is 460 g/mol. The van der Waals surface area contributed by atoms with Crippen molar-refractivity contribution in [2.45, 2.75) is 39.9 Å². The molecule has 0 unspecified atom stereocenters. The van der Waals surface area contributed by atoms with Gasteiger partial charge in [-0.15, -0.1) is 11.3 Å². The number of thiophene rings is 1. The molecule has 180 valence electrons. The molecule has 4 aromatic heterocycles. The van der Waals surface area contributed by atoms with Gasteiger partial charge < -0.3 is 4.74 Å². The second kappa shape index (κ2) is 9.59. The average molecular weight is 489 g/mol. The van der Waals surface area contributed by atoms with Crippen LogP contribution in [0.15, 0.2) is 59.8 Å². The Balaban J connectivity index is 0.00000253. The molecule has 0 radical (unpaired) electrons. The van der Waals surface area contributed by atoms with Gasteiger partial charge in [0.15, 0.2) is 5.65 Å². The molecule has 0 bridgehead atoms. The van der Waals surface area contributed by atoms with E-state index in [9.17, 15) is 4.79 Å². The summed E-state index contributed by atoms with van der Waals surface area (Å²) in [5.41, 5.74) is 3.89. The van der Waals surface area contributed by atoms with E-state index >= 15 is 0 Å². The molecule has 0 atom stereocenters. The number of methoxy groups -OCH3 is 1. The van der Waals surface area contributed by atoms with Crippen LogP contribution in [0.2, 0.25) is 0 Å². The number of benzene rings is 1. The largest absolute Gasteiger partial charge is 0.497 e. The summed E-state index contributed by atoms with van der Waals surface area (Å²) in [5.74, 6) is 0.795. The number of hydrogen-bond donors (Lipinski definition) is 0. The first-order valence-corrected chi connectivity index (χ1v) is 12.1. The van der Waals surface area contributed by atoms with Gasteiger partial charge in [-0.2, -0.15) is 9.61 Å². The van der Waals surface area contributed by atoms with Crippen molar-refractivity contribution in [2.24, 2.45) is 0 Å². The van der Waals surface area contributed by atoms with E-state index in [2.05, 4.69) is 26.0 Å². The molecule has 0 amide bonds. The van der Waals surface area contributed by atoms with Gasteiger partial charge in [-0.3, -0.25) is 14.5 Å². The summed E-state index contributed by atoms with van der Waals surface area (Å²) in [4.78, 5) is 27.1. The Morgan fingerprint density at radius 3 is 2.71 bits per heavy atom. The molecular formula is C26H28N6O2S. The number of hydrogen-bond acceptors (Lipinski definition) is 7. The van der Waals surface area contributed by atoms with E-state index in [-0.39, 0.29) is 13.1 Å². The van der Waals surface area contributed by atoms with Crippen molar-refractivity contribution >= 4 is 27.2 Å². The van der Waals surface area contributed by atoms with Crippen molar-refractivity contribution in [2.75, 3.05) is 13.7 Å². The minimum Gasteiger partial charge on any atom is -0.497 e. The summed E-state index contributed by atoms with van der Waals surface area (Å²) in [5, 5.41) is 5.32. The molecule has 6 rings (SSSR count). The van der Waals surface area contributed by atoms with Crippen molar-refractivity contribution in [1.82, 2.24) is 29.0 Å². The molecule has 35 heavy (non-hydrogen) atoms. The molecule has 0 N–H and O–H groups in total. The van der Waals surface area contributed by atoms with E-state index in [0.717, 1.165) is 59.7 Å². The van der Waals surface area contributed by atoms with E-state index in [1.54, 1.807) is 18.4 Å².